The first-order chi connectivity index (χ1) is 13.1. The van der Waals surface area contributed by atoms with Gasteiger partial charge in [0.15, 0.2) is 0 Å². The molecule has 1 heterocycles. The predicted molar refractivity (Wildman–Crippen MR) is 106 cm³/mol. The number of benzene rings is 2. The highest BCUT2D eigenvalue weighted by Crippen LogP contribution is 2.26. The molecule has 2 N–H and O–H groups in total. The van der Waals surface area contributed by atoms with Crippen LogP contribution < -0.4 is 15.4 Å². The smallest absolute Gasteiger partial charge is 0.322 e. The first kappa shape index (κ1) is 18.8. The summed E-state index contributed by atoms with van der Waals surface area (Å²) in [5.74, 6) is 0.431. The van der Waals surface area contributed by atoms with Gasteiger partial charge in [-0.25, -0.2) is 4.79 Å². The van der Waals surface area contributed by atoms with E-state index in [0.29, 0.717) is 31.0 Å². The van der Waals surface area contributed by atoms with Crippen molar-refractivity contribution in [2.75, 3.05) is 23.8 Å². The molecule has 0 aliphatic carbocycles. The zero-order valence-electron chi connectivity index (χ0n) is 15.7. The lowest BCUT2D eigenvalue weighted by Crippen LogP contribution is -2.45. The van der Waals surface area contributed by atoms with Crippen molar-refractivity contribution in [2.24, 2.45) is 0 Å². The van der Waals surface area contributed by atoms with Crippen molar-refractivity contribution >= 4 is 23.3 Å². The van der Waals surface area contributed by atoms with Gasteiger partial charge >= 0.3 is 6.03 Å². The molecule has 1 atom stereocenters. The molecule has 0 bridgehead atoms. The van der Waals surface area contributed by atoms with E-state index >= 15 is 0 Å². The Hall–Kier alpha value is -3.02. The van der Waals surface area contributed by atoms with Gasteiger partial charge in [0.2, 0.25) is 5.91 Å². The molecule has 3 rings (SSSR count). The Labute approximate surface area is 159 Å². The van der Waals surface area contributed by atoms with E-state index in [-0.39, 0.29) is 11.9 Å². The lowest BCUT2D eigenvalue weighted by atomic mass is 10.2. The number of anilines is 2. The first-order valence-corrected chi connectivity index (χ1v) is 9.25. The number of carbonyl (C=O) groups excluding carboxylic acids is 2. The van der Waals surface area contributed by atoms with E-state index in [1.54, 1.807) is 11.0 Å². The number of para-hydroxylation sites is 2. The SMILES string of the molecule is CCOc1ccccc1NC(=O)C1CCCN1C(=O)Nc1ccc(C)cc1. The number of hydrogen-bond donors (Lipinski definition) is 2. The summed E-state index contributed by atoms with van der Waals surface area (Å²) in [4.78, 5) is 27.0. The Kier molecular flexibility index (Phi) is 5.96. The van der Waals surface area contributed by atoms with E-state index < -0.39 is 6.04 Å². The predicted octanol–water partition coefficient (Wildman–Crippen LogP) is 4.03. The van der Waals surface area contributed by atoms with Crippen LogP contribution in [0.3, 0.4) is 0 Å². The van der Waals surface area contributed by atoms with Crippen molar-refractivity contribution in [3.05, 3.63) is 54.1 Å². The molecule has 1 aliphatic heterocycles. The van der Waals surface area contributed by atoms with Crippen LogP contribution in [-0.4, -0.2) is 36.0 Å². The summed E-state index contributed by atoms with van der Waals surface area (Å²) in [5.41, 5.74) is 2.47. The molecule has 2 aromatic rings. The summed E-state index contributed by atoms with van der Waals surface area (Å²) >= 11 is 0. The highest BCUT2D eigenvalue weighted by molar-refractivity contribution is 6.00. The molecule has 27 heavy (non-hydrogen) atoms. The topological polar surface area (TPSA) is 70.7 Å². The number of carbonyl (C=O) groups is 2. The maximum absolute atomic E-state index is 12.8. The minimum absolute atomic E-state index is 0.196. The van der Waals surface area contributed by atoms with E-state index in [9.17, 15) is 9.59 Å². The highest BCUT2D eigenvalue weighted by Gasteiger charge is 2.34. The standard InChI is InChI=1S/C21H25N3O3/c1-3-27-19-9-5-4-7-17(19)23-20(25)18-8-6-14-24(18)21(26)22-16-12-10-15(2)11-13-16/h4-5,7,9-13,18H,3,6,8,14H2,1-2H3,(H,22,26)(H,23,25). The molecule has 1 fully saturated rings. The Morgan fingerprint density at radius 2 is 1.85 bits per heavy atom. The van der Waals surface area contributed by atoms with Crippen molar-refractivity contribution in [3.63, 3.8) is 0 Å². The Morgan fingerprint density at radius 1 is 1.11 bits per heavy atom. The lowest BCUT2D eigenvalue weighted by molar-refractivity contribution is -0.119. The number of hydrogen-bond acceptors (Lipinski definition) is 3. The average Bonchev–Trinajstić information content (AvgIpc) is 3.15. The number of ether oxygens (including phenoxy) is 1. The number of likely N-dealkylation sites (tertiary alicyclic amines) is 1. The maximum atomic E-state index is 12.8. The fourth-order valence-electron chi connectivity index (χ4n) is 3.18. The second-order valence-electron chi connectivity index (χ2n) is 6.57. The van der Waals surface area contributed by atoms with Gasteiger partial charge in [-0.2, -0.15) is 0 Å². The molecule has 6 heteroatoms. The minimum Gasteiger partial charge on any atom is -0.492 e. The van der Waals surface area contributed by atoms with Gasteiger partial charge in [0.1, 0.15) is 11.8 Å². The summed E-state index contributed by atoms with van der Waals surface area (Å²) in [6.45, 7) is 4.96. The van der Waals surface area contributed by atoms with Crippen LogP contribution in [-0.2, 0) is 4.79 Å². The third-order valence-corrected chi connectivity index (χ3v) is 4.56. The van der Waals surface area contributed by atoms with E-state index in [1.807, 2.05) is 56.3 Å². The highest BCUT2D eigenvalue weighted by atomic mass is 16.5. The normalized spacial score (nSPS) is 16.1. The molecule has 0 aromatic heterocycles. The summed E-state index contributed by atoms with van der Waals surface area (Å²) < 4.78 is 5.56. The van der Waals surface area contributed by atoms with E-state index in [0.717, 1.165) is 17.7 Å². The molecule has 0 spiro atoms. The van der Waals surface area contributed by atoms with Crippen LogP contribution in [0.15, 0.2) is 48.5 Å². The third kappa shape index (κ3) is 4.58. The molecule has 2 aromatic carbocycles. The number of amides is 3. The molecular weight excluding hydrogens is 342 g/mol. The van der Waals surface area contributed by atoms with Crippen LogP contribution in [0.1, 0.15) is 25.3 Å². The summed E-state index contributed by atoms with van der Waals surface area (Å²) in [6.07, 6.45) is 1.44. The van der Waals surface area contributed by atoms with Crippen molar-refractivity contribution in [1.29, 1.82) is 0 Å². The molecule has 142 valence electrons. The van der Waals surface area contributed by atoms with Gasteiger partial charge in [-0.05, 0) is 51.0 Å². The first-order valence-electron chi connectivity index (χ1n) is 9.25. The van der Waals surface area contributed by atoms with Crippen LogP contribution in [0.4, 0.5) is 16.2 Å². The third-order valence-electron chi connectivity index (χ3n) is 4.56. The number of aryl methyl sites for hydroxylation is 1. The summed E-state index contributed by atoms with van der Waals surface area (Å²) in [7, 11) is 0. The fraction of sp³-hybridized carbons (Fsp3) is 0.333. The monoisotopic (exact) mass is 367 g/mol. The van der Waals surface area contributed by atoms with Crippen LogP contribution in [0.25, 0.3) is 0 Å². The van der Waals surface area contributed by atoms with Crippen LogP contribution >= 0.6 is 0 Å². The molecule has 0 saturated carbocycles. The number of nitrogens with zero attached hydrogens (tertiary/aromatic N) is 1. The molecule has 1 unspecified atom stereocenters. The Balaban J connectivity index is 1.67. The quantitative estimate of drug-likeness (QED) is 0.838. The molecular formula is C21H25N3O3. The summed E-state index contributed by atoms with van der Waals surface area (Å²) in [5, 5.41) is 5.78. The van der Waals surface area contributed by atoms with Gasteiger partial charge in [0.05, 0.1) is 12.3 Å². The van der Waals surface area contributed by atoms with Gasteiger partial charge in [-0.15, -0.1) is 0 Å². The number of urea groups is 1. The van der Waals surface area contributed by atoms with Gasteiger partial charge in [-0.3, -0.25) is 4.79 Å². The maximum Gasteiger partial charge on any atom is 0.322 e. The van der Waals surface area contributed by atoms with E-state index in [1.165, 1.54) is 0 Å². The van der Waals surface area contributed by atoms with Crippen molar-refractivity contribution in [2.45, 2.75) is 32.7 Å². The second kappa shape index (κ2) is 8.58. The molecule has 6 nitrogen and oxygen atoms in total. The zero-order chi connectivity index (χ0) is 19.2. The van der Waals surface area contributed by atoms with E-state index in [4.69, 9.17) is 4.74 Å². The van der Waals surface area contributed by atoms with Crippen LogP contribution in [0.5, 0.6) is 5.75 Å². The van der Waals surface area contributed by atoms with E-state index in [2.05, 4.69) is 10.6 Å². The molecule has 1 saturated heterocycles. The lowest BCUT2D eigenvalue weighted by Gasteiger charge is -2.24. The van der Waals surface area contributed by atoms with Crippen molar-refractivity contribution in [1.82, 2.24) is 4.90 Å². The van der Waals surface area contributed by atoms with Crippen molar-refractivity contribution in [3.8, 4) is 5.75 Å². The fourth-order valence-corrected chi connectivity index (χ4v) is 3.18. The van der Waals surface area contributed by atoms with Crippen LogP contribution in [0.2, 0.25) is 0 Å². The van der Waals surface area contributed by atoms with Crippen LogP contribution in [0, 0.1) is 6.92 Å². The Bertz CT molecular complexity index is 805. The summed E-state index contributed by atoms with van der Waals surface area (Å²) in [6, 6.07) is 14.2. The average molecular weight is 367 g/mol. The van der Waals surface area contributed by atoms with Gasteiger partial charge in [0, 0.05) is 12.2 Å². The zero-order valence-corrected chi connectivity index (χ0v) is 15.7. The van der Waals surface area contributed by atoms with Gasteiger partial charge in [0.25, 0.3) is 0 Å². The number of rotatable bonds is 5. The molecule has 3 amide bonds. The van der Waals surface area contributed by atoms with Gasteiger partial charge in [-0.1, -0.05) is 29.8 Å². The Morgan fingerprint density at radius 3 is 2.59 bits per heavy atom. The van der Waals surface area contributed by atoms with Crippen molar-refractivity contribution < 1.29 is 14.3 Å². The van der Waals surface area contributed by atoms with Gasteiger partial charge < -0.3 is 20.3 Å². The molecule has 0 radical (unpaired) electrons. The minimum atomic E-state index is -0.495. The largest absolute Gasteiger partial charge is 0.492 e. The number of nitrogens with one attached hydrogen (secondary N) is 2. The molecule has 1 aliphatic rings. The second-order valence-corrected chi connectivity index (χ2v) is 6.57.